The smallest absolute Gasteiger partial charge is 0.394 e. The van der Waals surface area contributed by atoms with Crippen LogP contribution >= 0.6 is 0 Å². The third-order valence-electron chi connectivity index (χ3n) is 4.32. The molecule has 0 unspecified atom stereocenters. The maximum atomic E-state index is 13.0. The van der Waals surface area contributed by atoms with Crippen LogP contribution in [0.3, 0.4) is 0 Å². The van der Waals surface area contributed by atoms with Crippen molar-refractivity contribution in [3.63, 3.8) is 0 Å². The summed E-state index contributed by atoms with van der Waals surface area (Å²) >= 11 is 0. The molecule has 0 aliphatic carbocycles. The average Bonchev–Trinajstić information content (AvgIpc) is 3.21. The van der Waals surface area contributed by atoms with Crippen molar-refractivity contribution >= 4 is 11.9 Å². The first-order valence-corrected chi connectivity index (χ1v) is 7.75. The molecule has 3 rings (SSSR count). The Hall–Kier alpha value is -2.91. The number of halogens is 3. The minimum Gasteiger partial charge on any atom is -0.481 e. The Morgan fingerprint density at radius 3 is 2.58 bits per heavy atom. The van der Waals surface area contributed by atoms with Crippen LogP contribution < -0.4 is 0 Å². The SMILES string of the molecule is Cc1cccc(-n2cc(C(=O)N3C[C@@H](C(F)(F)F)[C@H](C(=O)O)C3)nn2)c1. The number of rotatable bonds is 3. The average molecular weight is 368 g/mol. The molecule has 1 aromatic carbocycles. The number of carbonyl (C=O) groups is 2. The van der Waals surface area contributed by atoms with Gasteiger partial charge < -0.3 is 10.0 Å². The second-order valence-electron chi connectivity index (χ2n) is 6.19. The Bertz CT molecular complexity index is 849. The number of hydrogen-bond acceptors (Lipinski definition) is 4. The van der Waals surface area contributed by atoms with E-state index in [1.54, 1.807) is 18.2 Å². The van der Waals surface area contributed by atoms with Gasteiger partial charge in [-0.05, 0) is 24.6 Å². The molecule has 2 aromatic rings. The predicted molar refractivity (Wildman–Crippen MR) is 82.7 cm³/mol. The van der Waals surface area contributed by atoms with Gasteiger partial charge in [0.1, 0.15) is 0 Å². The number of aryl methyl sites for hydroxylation is 1. The molecule has 0 spiro atoms. The molecule has 1 aromatic heterocycles. The van der Waals surface area contributed by atoms with Crippen LogP contribution in [0.15, 0.2) is 30.5 Å². The summed E-state index contributed by atoms with van der Waals surface area (Å²) in [5, 5.41) is 16.6. The van der Waals surface area contributed by atoms with Gasteiger partial charge in [-0.1, -0.05) is 17.3 Å². The molecule has 2 atom stereocenters. The monoisotopic (exact) mass is 368 g/mol. The van der Waals surface area contributed by atoms with Gasteiger partial charge in [-0.2, -0.15) is 13.2 Å². The topological polar surface area (TPSA) is 88.3 Å². The number of aliphatic carboxylic acids is 1. The number of likely N-dealkylation sites (tertiary alicyclic amines) is 1. The zero-order chi connectivity index (χ0) is 19.1. The number of nitrogens with zero attached hydrogens (tertiary/aromatic N) is 4. The molecule has 10 heteroatoms. The lowest BCUT2D eigenvalue weighted by molar-refractivity contribution is -0.187. The maximum Gasteiger partial charge on any atom is 0.394 e. The molecule has 1 amide bonds. The standard InChI is InChI=1S/C16H15F3N4O3/c1-9-3-2-4-10(5-9)23-8-13(20-21-23)14(24)22-6-11(15(25)26)12(7-22)16(17,18)19/h2-5,8,11-12H,6-7H2,1H3,(H,25,26)/t11-,12-/m1/s1. The number of carboxylic acid groups (broad SMARTS) is 1. The molecule has 1 aliphatic heterocycles. The van der Waals surface area contributed by atoms with E-state index in [1.165, 1.54) is 10.9 Å². The van der Waals surface area contributed by atoms with Gasteiger partial charge in [0.05, 0.1) is 23.7 Å². The first-order valence-electron chi connectivity index (χ1n) is 7.75. The second-order valence-corrected chi connectivity index (χ2v) is 6.19. The van der Waals surface area contributed by atoms with Crippen molar-refractivity contribution in [1.82, 2.24) is 19.9 Å². The molecule has 1 saturated heterocycles. The van der Waals surface area contributed by atoms with E-state index in [0.717, 1.165) is 10.5 Å². The van der Waals surface area contributed by atoms with Crippen molar-refractivity contribution in [3.8, 4) is 5.69 Å². The summed E-state index contributed by atoms with van der Waals surface area (Å²) in [4.78, 5) is 24.4. The fourth-order valence-electron chi connectivity index (χ4n) is 2.97. The summed E-state index contributed by atoms with van der Waals surface area (Å²) in [5.41, 5.74) is 1.47. The number of carboxylic acids is 1. The fourth-order valence-corrected chi connectivity index (χ4v) is 2.97. The summed E-state index contributed by atoms with van der Waals surface area (Å²) in [7, 11) is 0. The molecular weight excluding hydrogens is 353 g/mol. The largest absolute Gasteiger partial charge is 0.481 e. The van der Waals surface area contributed by atoms with E-state index in [0.29, 0.717) is 5.69 Å². The Kier molecular flexibility index (Phi) is 4.43. The van der Waals surface area contributed by atoms with Gasteiger partial charge in [0.25, 0.3) is 5.91 Å². The lowest BCUT2D eigenvalue weighted by atomic mass is 9.96. The first-order chi connectivity index (χ1) is 12.2. The quantitative estimate of drug-likeness (QED) is 0.894. The Morgan fingerprint density at radius 1 is 1.27 bits per heavy atom. The molecule has 1 fully saturated rings. The van der Waals surface area contributed by atoms with Gasteiger partial charge in [0.2, 0.25) is 0 Å². The normalized spacial score (nSPS) is 20.4. The van der Waals surface area contributed by atoms with E-state index in [-0.39, 0.29) is 5.69 Å². The summed E-state index contributed by atoms with van der Waals surface area (Å²) in [6, 6.07) is 7.21. The van der Waals surface area contributed by atoms with Gasteiger partial charge in [-0.15, -0.1) is 5.10 Å². The molecule has 26 heavy (non-hydrogen) atoms. The Balaban J connectivity index is 1.81. The minimum absolute atomic E-state index is 0.140. The van der Waals surface area contributed by atoms with E-state index in [2.05, 4.69) is 10.3 Å². The number of aromatic nitrogens is 3. The van der Waals surface area contributed by atoms with Crippen molar-refractivity contribution in [1.29, 1.82) is 0 Å². The Morgan fingerprint density at radius 2 is 2.00 bits per heavy atom. The number of alkyl halides is 3. The van der Waals surface area contributed by atoms with Crippen LogP contribution in [0.2, 0.25) is 0 Å². The van der Waals surface area contributed by atoms with E-state index >= 15 is 0 Å². The highest BCUT2D eigenvalue weighted by Crippen LogP contribution is 2.38. The molecule has 1 aliphatic rings. The van der Waals surface area contributed by atoms with Crippen LogP contribution in [-0.4, -0.2) is 56.1 Å². The van der Waals surface area contributed by atoms with Crippen LogP contribution in [0, 0.1) is 18.8 Å². The summed E-state index contributed by atoms with van der Waals surface area (Å²) in [5.74, 6) is -6.14. The highest BCUT2D eigenvalue weighted by atomic mass is 19.4. The fraction of sp³-hybridized carbons (Fsp3) is 0.375. The molecule has 7 nitrogen and oxygen atoms in total. The number of benzene rings is 1. The van der Waals surface area contributed by atoms with Crippen molar-refractivity contribution < 1.29 is 27.9 Å². The van der Waals surface area contributed by atoms with E-state index in [9.17, 15) is 22.8 Å². The zero-order valence-electron chi connectivity index (χ0n) is 13.6. The first kappa shape index (κ1) is 17.9. The summed E-state index contributed by atoms with van der Waals surface area (Å²) in [6.45, 7) is 0.645. The number of hydrogen-bond donors (Lipinski definition) is 1. The minimum atomic E-state index is -4.70. The van der Waals surface area contributed by atoms with Crippen molar-refractivity contribution in [3.05, 3.63) is 41.7 Å². The highest BCUT2D eigenvalue weighted by Gasteiger charge is 2.53. The van der Waals surface area contributed by atoms with E-state index in [4.69, 9.17) is 5.11 Å². The van der Waals surface area contributed by atoms with Crippen LogP contribution in [0.1, 0.15) is 16.1 Å². The second kappa shape index (κ2) is 6.43. The molecule has 0 saturated carbocycles. The van der Waals surface area contributed by atoms with Crippen LogP contribution in [0.4, 0.5) is 13.2 Å². The lowest BCUT2D eigenvalue weighted by Gasteiger charge is -2.17. The third-order valence-corrected chi connectivity index (χ3v) is 4.32. The number of amides is 1. The zero-order valence-corrected chi connectivity index (χ0v) is 13.6. The van der Waals surface area contributed by atoms with Crippen molar-refractivity contribution in [2.45, 2.75) is 13.1 Å². The maximum absolute atomic E-state index is 13.0. The van der Waals surface area contributed by atoms with Crippen LogP contribution in [0.25, 0.3) is 5.69 Å². The molecule has 2 heterocycles. The third kappa shape index (κ3) is 3.39. The van der Waals surface area contributed by atoms with Gasteiger partial charge in [0.15, 0.2) is 5.69 Å². The molecular formula is C16H15F3N4O3. The van der Waals surface area contributed by atoms with Gasteiger partial charge in [0, 0.05) is 13.1 Å². The predicted octanol–water partition coefficient (Wildman–Crippen LogP) is 1.91. The molecule has 0 radical (unpaired) electrons. The highest BCUT2D eigenvalue weighted by molar-refractivity contribution is 5.92. The van der Waals surface area contributed by atoms with E-state index < -0.39 is 43.0 Å². The molecule has 1 N–H and O–H groups in total. The summed E-state index contributed by atoms with van der Waals surface area (Å²) < 4.78 is 40.5. The lowest BCUT2D eigenvalue weighted by Crippen LogP contribution is -2.34. The number of carbonyl (C=O) groups excluding carboxylic acids is 1. The van der Waals surface area contributed by atoms with E-state index in [1.807, 2.05) is 13.0 Å². The van der Waals surface area contributed by atoms with Gasteiger partial charge in [-0.25, -0.2) is 4.68 Å². The molecule has 138 valence electrons. The van der Waals surface area contributed by atoms with Crippen molar-refractivity contribution in [2.24, 2.45) is 11.8 Å². The van der Waals surface area contributed by atoms with Gasteiger partial charge >= 0.3 is 12.1 Å². The molecule has 0 bridgehead atoms. The van der Waals surface area contributed by atoms with Gasteiger partial charge in [-0.3, -0.25) is 9.59 Å². The Labute approximate surface area is 146 Å². The van der Waals surface area contributed by atoms with Crippen LogP contribution in [-0.2, 0) is 4.79 Å². The van der Waals surface area contributed by atoms with Crippen molar-refractivity contribution in [2.75, 3.05) is 13.1 Å². The van der Waals surface area contributed by atoms with Crippen LogP contribution in [0.5, 0.6) is 0 Å². The summed E-state index contributed by atoms with van der Waals surface area (Å²) in [6.07, 6.45) is -3.38.